The quantitative estimate of drug-likeness (QED) is 0.623. The average Bonchev–Trinajstić information content (AvgIpc) is 3.13. The molecule has 0 aliphatic heterocycles. The second-order valence-electron chi connectivity index (χ2n) is 4.89. The third-order valence-corrected chi connectivity index (χ3v) is 3.07. The molecule has 0 saturated carbocycles. The Morgan fingerprint density at radius 2 is 2.20 bits per heavy atom. The van der Waals surface area contributed by atoms with Gasteiger partial charge in [0.1, 0.15) is 6.54 Å². The predicted octanol–water partition coefficient (Wildman–Crippen LogP) is 0.920. The van der Waals surface area contributed by atoms with Gasteiger partial charge in [0.25, 0.3) is 0 Å². The van der Waals surface area contributed by atoms with E-state index in [1.165, 1.54) is 10.9 Å². The van der Waals surface area contributed by atoms with E-state index in [0.29, 0.717) is 11.2 Å². The van der Waals surface area contributed by atoms with Gasteiger partial charge in [-0.3, -0.25) is 15.1 Å². The molecule has 130 valence electrons. The molecule has 2 amide bonds. The van der Waals surface area contributed by atoms with E-state index >= 15 is 0 Å². The van der Waals surface area contributed by atoms with Crippen LogP contribution in [0.3, 0.4) is 0 Å². The lowest BCUT2D eigenvalue weighted by Crippen LogP contribution is -2.19. The minimum atomic E-state index is -0.659. The zero-order chi connectivity index (χ0) is 17.8. The van der Waals surface area contributed by atoms with Crippen molar-refractivity contribution in [3.63, 3.8) is 0 Å². The second kappa shape index (κ2) is 6.86. The first-order valence-electron chi connectivity index (χ1n) is 7.30. The Balaban J connectivity index is 1.65. The number of fused-ring (bicyclic) bond motifs is 1. The average molecular weight is 346 g/mol. The van der Waals surface area contributed by atoms with Gasteiger partial charge in [-0.1, -0.05) is 11.3 Å². The number of rotatable bonds is 5. The number of carbonyl (C=O) groups is 2. The summed E-state index contributed by atoms with van der Waals surface area (Å²) < 4.78 is 11.0. The van der Waals surface area contributed by atoms with Crippen molar-refractivity contribution in [2.75, 3.05) is 17.2 Å². The highest BCUT2D eigenvalue weighted by Crippen LogP contribution is 2.20. The normalized spacial score (nSPS) is 10.6. The van der Waals surface area contributed by atoms with Crippen LogP contribution in [0.5, 0.6) is 0 Å². The van der Waals surface area contributed by atoms with Crippen LogP contribution < -0.4 is 16.4 Å². The molecule has 0 radical (unpaired) electrons. The van der Waals surface area contributed by atoms with Crippen molar-refractivity contribution < 1.29 is 18.7 Å². The molecule has 0 atom stereocenters. The number of nitrogens with zero attached hydrogens (tertiary/aromatic N) is 3. The molecule has 3 rings (SSSR count). The van der Waals surface area contributed by atoms with E-state index in [4.69, 9.17) is 9.15 Å². The Labute approximate surface area is 140 Å². The maximum Gasteiger partial charge on any atom is 0.417 e. The summed E-state index contributed by atoms with van der Waals surface area (Å²) in [6, 6.07) is 4.92. The molecule has 2 heterocycles. The molecule has 0 aliphatic carbocycles. The van der Waals surface area contributed by atoms with Crippen molar-refractivity contribution in [2.45, 2.75) is 13.5 Å². The fraction of sp³-hybridized carbons (Fsp3) is 0.214. The third kappa shape index (κ3) is 3.83. The molecular weight excluding hydrogens is 332 g/mol. The third-order valence-electron chi connectivity index (χ3n) is 3.07. The van der Waals surface area contributed by atoms with Crippen LogP contribution >= 0.6 is 0 Å². The number of H-pyrrole nitrogens is 1. The van der Waals surface area contributed by atoms with Crippen LogP contribution in [-0.2, 0) is 16.1 Å². The largest absolute Gasteiger partial charge is 0.450 e. The fourth-order valence-corrected chi connectivity index (χ4v) is 2.11. The fourth-order valence-electron chi connectivity index (χ4n) is 2.11. The highest BCUT2D eigenvalue weighted by molar-refractivity contribution is 5.98. The van der Waals surface area contributed by atoms with Crippen molar-refractivity contribution in [2.24, 2.45) is 0 Å². The zero-order valence-electron chi connectivity index (χ0n) is 13.1. The summed E-state index contributed by atoms with van der Waals surface area (Å²) in [6.07, 6.45) is 0.723. The summed E-state index contributed by atoms with van der Waals surface area (Å²) in [5.41, 5.74) is 1.08. The van der Waals surface area contributed by atoms with E-state index in [9.17, 15) is 14.4 Å². The van der Waals surface area contributed by atoms with Crippen LogP contribution in [0.2, 0.25) is 0 Å². The van der Waals surface area contributed by atoms with Gasteiger partial charge in [0, 0.05) is 0 Å². The molecule has 25 heavy (non-hydrogen) atoms. The van der Waals surface area contributed by atoms with Gasteiger partial charge in [0.15, 0.2) is 11.4 Å². The lowest BCUT2D eigenvalue weighted by Gasteiger charge is -2.05. The van der Waals surface area contributed by atoms with E-state index in [-0.39, 0.29) is 24.6 Å². The van der Waals surface area contributed by atoms with Crippen LogP contribution in [0, 0.1) is 0 Å². The van der Waals surface area contributed by atoms with E-state index in [2.05, 4.69) is 25.9 Å². The minimum absolute atomic E-state index is 0.150. The molecule has 11 nitrogen and oxygen atoms in total. The molecule has 0 unspecified atom stereocenters. The molecule has 0 fully saturated rings. The van der Waals surface area contributed by atoms with Crippen molar-refractivity contribution in [3.8, 4) is 0 Å². The van der Waals surface area contributed by atoms with E-state index in [1.54, 1.807) is 25.1 Å². The first-order valence-corrected chi connectivity index (χ1v) is 7.30. The Morgan fingerprint density at radius 3 is 3.00 bits per heavy atom. The van der Waals surface area contributed by atoms with E-state index in [1.807, 2.05) is 0 Å². The number of benzene rings is 1. The van der Waals surface area contributed by atoms with Gasteiger partial charge in [-0.15, -0.1) is 5.10 Å². The Hall–Kier alpha value is -3.63. The SMILES string of the molecule is CCOC(=O)Nc1cn(CC(=O)Nc2cccc3[nH]c(=O)oc23)nn1. The van der Waals surface area contributed by atoms with E-state index < -0.39 is 17.8 Å². The van der Waals surface area contributed by atoms with Crippen LogP contribution in [0.1, 0.15) is 6.92 Å². The second-order valence-corrected chi connectivity index (χ2v) is 4.89. The van der Waals surface area contributed by atoms with E-state index in [0.717, 1.165) is 0 Å². The monoisotopic (exact) mass is 346 g/mol. The van der Waals surface area contributed by atoms with Gasteiger partial charge in [-0.25, -0.2) is 14.3 Å². The smallest absolute Gasteiger partial charge is 0.417 e. The van der Waals surface area contributed by atoms with Gasteiger partial charge in [-0.05, 0) is 19.1 Å². The lowest BCUT2D eigenvalue weighted by atomic mass is 10.3. The number of ether oxygens (including phenoxy) is 1. The molecule has 0 saturated heterocycles. The molecule has 0 bridgehead atoms. The number of carbonyl (C=O) groups excluding carboxylic acids is 2. The minimum Gasteiger partial charge on any atom is -0.450 e. The van der Waals surface area contributed by atoms with Gasteiger partial charge in [0.2, 0.25) is 5.91 Å². The number of aromatic amines is 1. The highest BCUT2D eigenvalue weighted by atomic mass is 16.5. The topological polar surface area (TPSA) is 144 Å². The molecule has 1 aromatic carbocycles. The summed E-state index contributed by atoms with van der Waals surface area (Å²) in [5.74, 6) is -0.864. The Bertz CT molecular complexity index is 971. The van der Waals surface area contributed by atoms with Gasteiger partial charge >= 0.3 is 11.8 Å². The summed E-state index contributed by atoms with van der Waals surface area (Å²) in [6.45, 7) is 1.75. The summed E-state index contributed by atoms with van der Waals surface area (Å²) >= 11 is 0. The number of hydrogen-bond acceptors (Lipinski definition) is 7. The number of anilines is 2. The van der Waals surface area contributed by atoms with Gasteiger partial charge < -0.3 is 14.5 Å². The number of nitrogens with one attached hydrogen (secondary N) is 3. The predicted molar refractivity (Wildman–Crippen MR) is 86.1 cm³/mol. The molecule has 3 N–H and O–H groups in total. The number of oxazole rings is 1. The van der Waals surface area contributed by atoms with Gasteiger partial charge in [-0.2, -0.15) is 0 Å². The number of aromatic nitrogens is 4. The number of amides is 2. The standard InChI is InChI=1S/C14H14N6O5/c1-2-24-13(22)17-10-6-20(19-18-10)7-11(21)15-8-4-3-5-9-12(8)25-14(23)16-9/h3-6H,2,7H2,1H3,(H,15,21)(H,16,23)(H,17,22). The summed E-state index contributed by atoms with van der Waals surface area (Å²) in [5, 5.41) is 12.4. The molecule has 11 heteroatoms. The first kappa shape index (κ1) is 16.2. The summed E-state index contributed by atoms with van der Waals surface area (Å²) in [4.78, 5) is 37.2. The molecule has 0 spiro atoms. The van der Waals surface area contributed by atoms with Crippen molar-refractivity contribution in [1.82, 2.24) is 20.0 Å². The Morgan fingerprint density at radius 1 is 1.36 bits per heavy atom. The molecule has 3 aromatic rings. The maximum absolute atomic E-state index is 12.1. The Kier molecular flexibility index (Phi) is 4.46. The molecule has 0 aliphatic rings. The highest BCUT2D eigenvalue weighted by Gasteiger charge is 2.12. The molecular formula is C14H14N6O5. The number of para-hydroxylation sites is 1. The summed E-state index contributed by atoms with van der Waals surface area (Å²) in [7, 11) is 0. The lowest BCUT2D eigenvalue weighted by molar-refractivity contribution is -0.116. The van der Waals surface area contributed by atoms with Crippen LogP contribution in [-0.4, -0.2) is 38.6 Å². The van der Waals surface area contributed by atoms with Crippen molar-refractivity contribution >= 4 is 34.6 Å². The van der Waals surface area contributed by atoms with Crippen LogP contribution in [0.25, 0.3) is 11.1 Å². The van der Waals surface area contributed by atoms with Gasteiger partial charge in [0.05, 0.1) is 24.0 Å². The number of hydrogen-bond donors (Lipinski definition) is 3. The van der Waals surface area contributed by atoms with Crippen molar-refractivity contribution in [1.29, 1.82) is 0 Å². The first-order chi connectivity index (χ1) is 12.0. The zero-order valence-corrected chi connectivity index (χ0v) is 13.1. The maximum atomic E-state index is 12.1. The van der Waals surface area contributed by atoms with Crippen molar-refractivity contribution in [3.05, 3.63) is 34.9 Å². The van der Waals surface area contributed by atoms with Crippen LogP contribution in [0.4, 0.5) is 16.3 Å². The van der Waals surface area contributed by atoms with Crippen LogP contribution in [0.15, 0.2) is 33.6 Å². The molecule has 2 aromatic heterocycles.